The average Bonchev–Trinajstić information content (AvgIpc) is 2.70. The van der Waals surface area contributed by atoms with E-state index in [1.54, 1.807) is 11.1 Å². The van der Waals surface area contributed by atoms with Crippen molar-refractivity contribution in [2.24, 2.45) is 5.29 Å². The number of hydrogen-bond acceptors (Lipinski definition) is 2. The van der Waals surface area contributed by atoms with Crippen molar-refractivity contribution < 1.29 is 0 Å². The SMILES string of the molecule is C=CCN(N=O)[C@@H]1CCc2ccccc21. The summed E-state index contributed by atoms with van der Waals surface area (Å²) in [6.45, 7) is 4.15. The predicted octanol–water partition coefficient (Wildman–Crippen LogP) is 2.84. The maximum atomic E-state index is 10.7. The molecule has 0 amide bonds. The summed E-state index contributed by atoms with van der Waals surface area (Å²) in [6.07, 6.45) is 3.71. The van der Waals surface area contributed by atoms with Crippen LogP contribution in [0.25, 0.3) is 0 Å². The van der Waals surface area contributed by atoms with Crippen LogP contribution < -0.4 is 0 Å². The highest BCUT2D eigenvalue weighted by Gasteiger charge is 2.26. The Morgan fingerprint density at radius 1 is 1.53 bits per heavy atom. The Labute approximate surface area is 89.4 Å². The zero-order valence-electron chi connectivity index (χ0n) is 8.60. The Balaban J connectivity index is 2.25. The lowest BCUT2D eigenvalue weighted by Gasteiger charge is -2.21. The van der Waals surface area contributed by atoms with Gasteiger partial charge >= 0.3 is 0 Å². The van der Waals surface area contributed by atoms with Gasteiger partial charge < -0.3 is 0 Å². The minimum Gasteiger partial charge on any atom is -0.250 e. The minimum absolute atomic E-state index is 0.136. The second-order valence-corrected chi connectivity index (χ2v) is 3.75. The summed E-state index contributed by atoms with van der Waals surface area (Å²) in [5, 5.41) is 4.64. The Bertz CT molecular complexity index is 376. The van der Waals surface area contributed by atoms with Crippen LogP contribution in [-0.4, -0.2) is 11.6 Å². The summed E-state index contributed by atoms with van der Waals surface area (Å²) in [5.41, 5.74) is 2.57. The third-order valence-corrected chi connectivity index (χ3v) is 2.88. The number of nitrogens with zero attached hydrogens (tertiary/aromatic N) is 2. The maximum Gasteiger partial charge on any atom is 0.0761 e. The first-order valence-corrected chi connectivity index (χ1v) is 5.15. The van der Waals surface area contributed by atoms with Gasteiger partial charge in [-0.2, -0.15) is 0 Å². The lowest BCUT2D eigenvalue weighted by Crippen LogP contribution is -2.21. The van der Waals surface area contributed by atoms with E-state index in [4.69, 9.17) is 0 Å². The highest BCUT2D eigenvalue weighted by atomic mass is 16.3. The average molecular weight is 202 g/mol. The van der Waals surface area contributed by atoms with Crippen LogP contribution in [0.3, 0.4) is 0 Å². The molecular weight excluding hydrogens is 188 g/mol. The van der Waals surface area contributed by atoms with Gasteiger partial charge in [-0.1, -0.05) is 30.3 Å². The molecule has 1 aliphatic rings. The molecule has 0 radical (unpaired) electrons. The summed E-state index contributed by atoms with van der Waals surface area (Å²) in [5.74, 6) is 0. The molecule has 3 heteroatoms. The van der Waals surface area contributed by atoms with Gasteiger partial charge in [0, 0.05) is 0 Å². The highest BCUT2D eigenvalue weighted by Crippen LogP contribution is 2.35. The van der Waals surface area contributed by atoms with Crippen molar-refractivity contribution in [2.75, 3.05) is 6.54 Å². The second kappa shape index (κ2) is 4.26. The van der Waals surface area contributed by atoms with Gasteiger partial charge in [0.2, 0.25) is 0 Å². The van der Waals surface area contributed by atoms with Crippen LogP contribution in [-0.2, 0) is 6.42 Å². The largest absolute Gasteiger partial charge is 0.250 e. The number of fused-ring (bicyclic) bond motifs is 1. The standard InChI is InChI=1S/C12H14N2O/c1-2-9-14(13-15)12-8-7-10-5-3-4-6-11(10)12/h2-6,12H,1,7-9H2/t12-/m1/s1. The van der Waals surface area contributed by atoms with E-state index in [1.807, 2.05) is 12.1 Å². The van der Waals surface area contributed by atoms with Gasteiger partial charge in [0.1, 0.15) is 0 Å². The zero-order valence-corrected chi connectivity index (χ0v) is 8.60. The minimum atomic E-state index is 0.136. The molecule has 1 atom stereocenters. The molecule has 15 heavy (non-hydrogen) atoms. The molecule has 0 heterocycles. The third-order valence-electron chi connectivity index (χ3n) is 2.88. The van der Waals surface area contributed by atoms with E-state index in [9.17, 15) is 4.91 Å². The smallest absolute Gasteiger partial charge is 0.0761 e. The summed E-state index contributed by atoms with van der Waals surface area (Å²) >= 11 is 0. The van der Waals surface area contributed by atoms with Crippen molar-refractivity contribution in [3.05, 3.63) is 53.0 Å². The van der Waals surface area contributed by atoms with Gasteiger partial charge in [0.05, 0.1) is 17.9 Å². The first kappa shape index (κ1) is 9.90. The van der Waals surface area contributed by atoms with Crippen molar-refractivity contribution in [3.63, 3.8) is 0 Å². The Hall–Kier alpha value is -1.64. The molecule has 0 fully saturated rings. The molecule has 2 rings (SSSR count). The first-order valence-electron chi connectivity index (χ1n) is 5.15. The zero-order chi connectivity index (χ0) is 10.7. The van der Waals surface area contributed by atoms with Gasteiger partial charge in [0.25, 0.3) is 0 Å². The number of benzene rings is 1. The summed E-state index contributed by atoms with van der Waals surface area (Å²) in [7, 11) is 0. The van der Waals surface area contributed by atoms with E-state index in [0.717, 1.165) is 12.8 Å². The van der Waals surface area contributed by atoms with Crippen molar-refractivity contribution in [3.8, 4) is 0 Å². The number of hydrogen-bond donors (Lipinski definition) is 0. The van der Waals surface area contributed by atoms with Crippen molar-refractivity contribution in [2.45, 2.75) is 18.9 Å². The molecule has 0 bridgehead atoms. The molecule has 0 N–H and O–H groups in total. The Morgan fingerprint density at radius 2 is 2.33 bits per heavy atom. The molecule has 1 aliphatic carbocycles. The molecule has 78 valence electrons. The van der Waals surface area contributed by atoms with Crippen LogP contribution in [0.4, 0.5) is 0 Å². The van der Waals surface area contributed by atoms with Crippen molar-refractivity contribution in [1.29, 1.82) is 0 Å². The van der Waals surface area contributed by atoms with Gasteiger partial charge in [-0.25, -0.2) is 5.01 Å². The Kier molecular flexibility index (Phi) is 2.81. The van der Waals surface area contributed by atoms with Crippen LogP contribution >= 0.6 is 0 Å². The molecule has 0 saturated heterocycles. The molecule has 3 nitrogen and oxygen atoms in total. The van der Waals surface area contributed by atoms with Crippen LogP contribution in [0.2, 0.25) is 0 Å². The molecule has 1 aromatic rings. The van der Waals surface area contributed by atoms with Gasteiger partial charge in [0.15, 0.2) is 0 Å². The topological polar surface area (TPSA) is 32.7 Å². The highest BCUT2D eigenvalue weighted by molar-refractivity contribution is 5.34. The third kappa shape index (κ3) is 1.77. The van der Waals surface area contributed by atoms with E-state index in [0.29, 0.717) is 6.54 Å². The van der Waals surface area contributed by atoms with Crippen molar-refractivity contribution in [1.82, 2.24) is 5.01 Å². The molecule has 0 aliphatic heterocycles. The van der Waals surface area contributed by atoms with E-state index in [1.165, 1.54) is 11.1 Å². The Morgan fingerprint density at radius 3 is 3.07 bits per heavy atom. The molecule has 0 unspecified atom stereocenters. The van der Waals surface area contributed by atoms with Crippen LogP contribution in [0.5, 0.6) is 0 Å². The van der Waals surface area contributed by atoms with E-state index < -0.39 is 0 Å². The number of aryl methyl sites for hydroxylation is 1. The maximum absolute atomic E-state index is 10.7. The van der Waals surface area contributed by atoms with Crippen LogP contribution in [0, 0.1) is 4.91 Å². The normalized spacial score (nSPS) is 18.3. The van der Waals surface area contributed by atoms with Gasteiger partial charge in [-0.3, -0.25) is 0 Å². The lowest BCUT2D eigenvalue weighted by atomic mass is 10.1. The summed E-state index contributed by atoms with van der Waals surface area (Å²) < 4.78 is 0. The molecular formula is C12H14N2O. The summed E-state index contributed by atoms with van der Waals surface area (Å²) in [4.78, 5) is 10.7. The van der Waals surface area contributed by atoms with Crippen LogP contribution in [0.15, 0.2) is 42.2 Å². The first-order chi connectivity index (χ1) is 7.36. The molecule has 1 aromatic carbocycles. The number of nitroso groups, excluding NO2 is 1. The second-order valence-electron chi connectivity index (χ2n) is 3.75. The summed E-state index contributed by atoms with van der Waals surface area (Å²) in [6, 6.07) is 8.37. The molecule has 0 aromatic heterocycles. The lowest BCUT2D eigenvalue weighted by molar-refractivity contribution is 0.225. The van der Waals surface area contributed by atoms with E-state index in [2.05, 4.69) is 24.0 Å². The van der Waals surface area contributed by atoms with Crippen LogP contribution in [0.1, 0.15) is 23.6 Å². The fraction of sp³-hybridized carbons (Fsp3) is 0.333. The fourth-order valence-corrected chi connectivity index (χ4v) is 2.19. The number of rotatable bonds is 4. The van der Waals surface area contributed by atoms with Crippen molar-refractivity contribution >= 4 is 0 Å². The molecule has 0 saturated carbocycles. The monoisotopic (exact) mass is 202 g/mol. The van der Waals surface area contributed by atoms with E-state index in [-0.39, 0.29) is 6.04 Å². The quantitative estimate of drug-likeness (QED) is 0.427. The van der Waals surface area contributed by atoms with Gasteiger partial charge in [-0.05, 0) is 24.0 Å². The fourth-order valence-electron chi connectivity index (χ4n) is 2.19. The molecule has 0 spiro atoms. The predicted molar refractivity (Wildman–Crippen MR) is 60.2 cm³/mol. The van der Waals surface area contributed by atoms with Gasteiger partial charge in [-0.15, -0.1) is 11.5 Å². The van der Waals surface area contributed by atoms with E-state index >= 15 is 0 Å².